The van der Waals surface area contributed by atoms with Crippen LogP contribution in [0.3, 0.4) is 0 Å². The smallest absolute Gasteiger partial charge is 0.128 e. The van der Waals surface area contributed by atoms with Crippen molar-refractivity contribution in [3.63, 3.8) is 0 Å². The molecule has 1 fully saturated rings. The predicted octanol–water partition coefficient (Wildman–Crippen LogP) is 1.43. The molecule has 1 radical (unpaired) electrons. The van der Waals surface area contributed by atoms with Crippen LogP contribution in [-0.2, 0) is 0 Å². The molecule has 1 saturated heterocycles. The Kier molecular flexibility index (Phi) is 2.51. The molecule has 0 aromatic carbocycles. The van der Waals surface area contributed by atoms with Crippen molar-refractivity contribution in [1.29, 1.82) is 0 Å². The van der Waals surface area contributed by atoms with Gasteiger partial charge in [0.05, 0.1) is 0 Å². The minimum absolute atomic E-state index is 1.09. The zero-order valence-corrected chi connectivity index (χ0v) is 7.68. The quantitative estimate of drug-likeness (QED) is 0.649. The Labute approximate surface area is 77.0 Å². The van der Waals surface area contributed by atoms with Crippen LogP contribution in [0.25, 0.3) is 0 Å². The van der Waals surface area contributed by atoms with Crippen molar-refractivity contribution in [2.24, 2.45) is 0 Å². The maximum atomic E-state index is 4.26. The Hall–Kier alpha value is -0.700. The second-order valence-corrected chi connectivity index (χ2v) is 3.94. The maximum Gasteiger partial charge on any atom is 0.128 e. The van der Waals surface area contributed by atoms with Crippen molar-refractivity contribution in [2.45, 2.75) is 0 Å². The molecule has 0 aliphatic carbocycles. The van der Waals surface area contributed by atoms with E-state index in [1.807, 2.05) is 23.9 Å². The largest absolute Gasteiger partial charge is 0.355 e. The van der Waals surface area contributed by atoms with Crippen molar-refractivity contribution in [3.05, 3.63) is 24.4 Å². The molecule has 63 valence electrons. The number of aromatic nitrogens is 1. The first-order valence-electron chi connectivity index (χ1n) is 4.11. The number of hydrogen-bond donors (Lipinski definition) is 0. The number of pyridine rings is 1. The highest BCUT2D eigenvalue weighted by molar-refractivity contribution is 7.99. The van der Waals surface area contributed by atoms with Crippen molar-refractivity contribution < 1.29 is 0 Å². The third-order valence-electron chi connectivity index (χ3n) is 1.94. The van der Waals surface area contributed by atoms with Gasteiger partial charge in [0.25, 0.3) is 0 Å². The van der Waals surface area contributed by atoms with E-state index >= 15 is 0 Å². The van der Waals surface area contributed by atoms with E-state index in [1.165, 1.54) is 11.5 Å². The van der Waals surface area contributed by atoms with E-state index < -0.39 is 0 Å². The fourth-order valence-corrected chi connectivity index (χ4v) is 2.19. The van der Waals surface area contributed by atoms with Gasteiger partial charge in [-0.3, -0.25) is 0 Å². The van der Waals surface area contributed by atoms with Crippen LogP contribution in [0.2, 0.25) is 0 Å². The molecule has 0 unspecified atom stereocenters. The van der Waals surface area contributed by atoms with Gasteiger partial charge in [-0.1, -0.05) is 0 Å². The van der Waals surface area contributed by atoms with Gasteiger partial charge < -0.3 is 4.90 Å². The highest BCUT2D eigenvalue weighted by Gasteiger charge is 2.10. The number of thioether (sulfide) groups is 1. The summed E-state index contributed by atoms with van der Waals surface area (Å²) >= 11 is 2.02. The summed E-state index contributed by atoms with van der Waals surface area (Å²) in [5.41, 5.74) is 0. The SMILES string of the molecule is [c]1ccc(N2CCSCC2)nc1. The lowest BCUT2D eigenvalue weighted by Crippen LogP contribution is -2.32. The van der Waals surface area contributed by atoms with Gasteiger partial charge in [-0.25, -0.2) is 4.98 Å². The summed E-state index contributed by atoms with van der Waals surface area (Å²) in [6.07, 6.45) is 1.73. The third-order valence-corrected chi connectivity index (χ3v) is 2.88. The summed E-state index contributed by atoms with van der Waals surface area (Å²) < 4.78 is 0. The molecule has 3 heteroatoms. The highest BCUT2D eigenvalue weighted by Crippen LogP contribution is 2.15. The van der Waals surface area contributed by atoms with E-state index in [1.54, 1.807) is 6.20 Å². The molecule has 0 N–H and O–H groups in total. The molecule has 1 aliphatic heterocycles. The lowest BCUT2D eigenvalue weighted by molar-refractivity contribution is 0.839. The number of hydrogen-bond acceptors (Lipinski definition) is 3. The first-order chi connectivity index (χ1) is 5.97. The van der Waals surface area contributed by atoms with Crippen LogP contribution >= 0.6 is 11.8 Å². The van der Waals surface area contributed by atoms with E-state index in [-0.39, 0.29) is 0 Å². The fourth-order valence-electron chi connectivity index (χ4n) is 1.29. The van der Waals surface area contributed by atoms with Gasteiger partial charge in [-0.15, -0.1) is 0 Å². The number of rotatable bonds is 1. The van der Waals surface area contributed by atoms with Gasteiger partial charge in [-0.05, 0) is 12.1 Å². The zero-order valence-electron chi connectivity index (χ0n) is 6.86. The molecule has 1 aliphatic rings. The lowest BCUT2D eigenvalue weighted by atomic mass is 10.4. The number of nitrogens with zero attached hydrogens (tertiary/aromatic N) is 2. The van der Waals surface area contributed by atoms with Gasteiger partial charge in [0, 0.05) is 36.9 Å². The zero-order chi connectivity index (χ0) is 8.23. The van der Waals surface area contributed by atoms with Gasteiger partial charge in [0.2, 0.25) is 0 Å². The predicted molar refractivity (Wildman–Crippen MR) is 52.6 cm³/mol. The van der Waals surface area contributed by atoms with E-state index in [0.29, 0.717) is 0 Å². The molecule has 0 atom stereocenters. The van der Waals surface area contributed by atoms with Gasteiger partial charge in [0.15, 0.2) is 0 Å². The van der Waals surface area contributed by atoms with Crippen LogP contribution in [0.15, 0.2) is 18.3 Å². The summed E-state index contributed by atoms with van der Waals surface area (Å²) in [4.78, 5) is 6.59. The average Bonchev–Trinajstić information content (AvgIpc) is 2.21. The Morgan fingerprint density at radius 2 is 2.25 bits per heavy atom. The molecule has 0 saturated carbocycles. The Bertz CT molecular complexity index is 232. The van der Waals surface area contributed by atoms with Crippen LogP contribution in [0.1, 0.15) is 0 Å². The van der Waals surface area contributed by atoms with Crippen molar-refractivity contribution in [1.82, 2.24) is 4.98 Å². The molecular formula is C9H11N2S. The van der Waals surface area contributed by atoms with Crippen LogP contribution in [0.4, 0.5) is 5.82 Å². The molecule has 0 amide bonds. The minimum atomic E-state index is 1.09. The molecule has 12 heavy (non-hydrogen) atoms. The normalized spacial score (nSPS) is 17.8. The summed E-state index contributed by atoms with van der Waals surface area (Å²) in [5, 5.41) is 0. The molecule has 0 spiro atoms. The fraction of sp³-hybridized carbons (Fsp3) is 0.444. The van der Waals surface area contributed by atoms with E-state index in [0.717, 1.165) is 18.9 Å². The summed E-state index contributed by atoms with van der Waals surface area (Å²) in [6.45, 7) is 2.25. The first-order valence-corrected chi connectivity index (χ1v) is 5.27. The van der Waals surface area contributed by atoms with Crippen LogP contribution in [0, 0.1) is 6.07 Å². The summed E-state index contributed by atoms with van der Waals surface area (Å²) in [6, 6.07) is 6.87. The molecule has 1 aromatic rings. The second-order valence-electron chi connectivity index (χ2n) is 2.72. The summed E-state index contributed by atoms with van der Waals surface area (Å²) in [5.74, 6) is 3.54. The second kappa shape index (κ2) is 3.81. The van der Waals surface area contributed by atoms with E-state index in [9.17, 15) is 0 Å². The monoisotopic (exact) mass is 179 g/mol. The van der Waals surface area contributed by atoms with Gasteiger partial charge in [-0.2, -0.15) is 11.8 Å². The van der Waals surface area contributed by atoms with Crippen molar-refractivity contribution in [2.75, 3.05) is 29.5 Å². The maximum absolute atomic E-state index is 4.26. The molecular weight excluding hydrogens is 168 g/mol. The van der Waals surface area contributed by atoms with Gasteiger partial charge >= 0.3 is 0 Å². The van der Waals surface area contributed by atoms with Crippen LogP contribution in [0.5, 0.6) is 0 Å². The van der Waals surface area contributed by atoms with Crippen molar-refractivity contribution >= 4 is 17.6 Å². The van der Waals surface area contributed by atoms with E-state index in [2.05, 4.69) is 16.0 Å². The topological polar surface area (TPSA) is 16.1 Å². The van der Waals surface area contributed by atoms with Crippen LogP contribution < -0.4 is 4.90 Å². The minimum Gasteiger partial charge on any atom is -0.355 e. The average molecular weight is 179 g/mol. The number of anilines is 1. The molecule has 0 bridgehead atoms. The highest BCUT2D eigenvalue weighted by atomic mass is 32.2. The molecule has 2 nitrogen and oxygen atoms in total. The first kappa shape index (κ1) is 7.92. The summed E-state index contributed by atoms with van der Waals surface area (Å²) in [7, 11) is 0. The molecule has 2 heterocycles. The van der Waals surface area contributed by atoms with Crippen molar-refractivity contribution in [3.8, 4) is 0 Å². The van der Waals surface area contributed by atoms with E-state index in [4.69, 9.17) is 0 Å². The molecule has 1 aromatic heterocycles. The Balaban J connectivity index is 2.08. The Morgan fingerprint density at radius 3 is 2.92 bits per heavy atom. The standard InChI is InChI=1S/C9H11N2S/c1-2-4-10-9(3-1)11-5-7-12-8-6-11/h1,3-4H,5-8H2. The molecule has 2 rings (SSSR count). The van der Waals surface area contributed by atoms with Gasteiger partial charge in [0.1, 0.15) is 5.82 Å². The van der Waals surface area contributed by atoms with Crippen LogP contribution in [-0.4, -0.2) is 29.6 Å². The lowest BCUT2D eigenvalue weighted by Gasteiger charge is -2.27. The third kappa shape index (κ3) is 1.72. The Morgan fingerprint density at radius 1 is 1.42 bits per heavy atom.